The van der Waals surface area contributed by atoms with E-state index in [4.69, 9.17) is 6.42 Å². The van der Waals surface area contributed by atoms with E-state index in [0.29, 0.717) is 34.0 Å². The number of nitrogens with zero attached hydrogens (tertiary/aromatic N) is 3. The predicted molar refractivity (Wildman–Crippen MR) is 120 cm³/mol. The zero-order valence-corrected chi connectivity index (χ0v) is 17.4. The topological polar surface area (TPSA) is 81.1 Å². The van der Waals surface area contributed by atoms with E-state index in [1.807, 2.05) is 0 Å². The largest absolute Gasteiger partial charge is 0.573 e. The van der Waals surface area contributed by atoms with Crippen LogP contribution in [-0.4, -0.2) is 27.2 Å². The molecule has 0 fully saturated rings. The van der Waals surface area contributed by atoms with Crippen molar-refractivity contribution in [1.82, 2.24) is 14.8 Å². The van der Waals surface area contributed by atoms with Crippen LogP contribution in [-0.2, 0) is 0 Å². The Labute approximate surface area is 192 Å². The second-order valence-corrected chi connectivity index (χ2v) is 6.90. The first-order valence-electron chi connectivity index (χ1n) is 9.83. The van der Waals surface area contributed by atoms with E-state index in [1.54, 1.807) is 48.5 Å². The van der Waals surface area contributed by atoms with Gasteiger partial charge in [0.1, 0.15) is 12.1 Å². The van der Waals surface area contributed by atoms with Crippen molar-refractivity contribution in [3.8, 4) is 35.2 Å². The van der Waals surface area contributed by atoms with Crippen molar-refractivity contribution in [1.29, 1.82) is 0 Å². The monoisotopic (exact) mass is 463 g/mol. The molecule has 170 valence electrons. The number of aromatic nitrogens is 3. The molecule has 4 rings (SSSR count). The number of benzene rings is 3. The number of nitrogens with one attached hydrogen (secondary N) is 2. The summed E-state index contributed by atoms with van der Waals surface area (Å²) < 4.78 is 42.2. The number of anilines is 2. The van der Waals surface area contributed by atoms with E-state index < -0.39 is 12.4 Å². The number of hydrogen-bond donors (Lipinski definition) is 2. The fourth-order valence-corrected chi connectivity index (χ4v) is 3.03. The highest BCUT2D eigenvalue weighted by Gasteiger charge is 2.31. The number of ether oxygens (including phenoxy) is 1. The fraction of sp³-hybridized carbons (Fsp3) is 0.0417. The molecule has 0 saturated heterocycles. The lowest BCUT2D eigenvalue weighted by atomic mass is 10.2. The SMILES string of the molecule is C#Cc1ccccc1NC(=O)Nc1ccc(-c2ncn(-c3ccc(OC(F)(F)F)cc3)n2)cc1. The van der Waals surface area contributed by atoms with Gasteiger partial charge in [-0.2, -0.15) is 0 Å². The quantitative estimate of drug-likeness (QED) is 0.385. The third-order valence-corrected chi connectivity index (χ3v) is 4.56. The van der Waals surface area contributed by atoms with E-state index in [9.17, 15) is 18.0 Å². The number of rotatable bonds is 5. The first-order chi connectivity index (χ1) is 16.3. The van der Waals surface area contributed by atoms with Gasteiger partial charge in [0, 0.05) is 16.8 Å². The highest BCUT2D eigenvalue weighted by atomic mass is 19.4. The summed E-state index contributed by atoms with van der Waals surface area (Å²) in [6.07, 6.45) is 2.12. The van der Waals surface area contributed by atoms with Crippen LogP contribution in [0.3, 0.4) is 0 Å². The van der Waals surface area contributed by atoms with Crippen LogP contribution in [0.2, 0.25) is 0 Å². The van der Waals surface area contributed by atoms with Crippen LogP contribution in [0.4, 0.5) is 29.3 Å². The fourth-order valence-electron chi connectivity index (χ4n) is 3.03. The lowest BCUT2D eigenvalue weighted by molar-refractivity contribution is -0.274. The molecular formula is C24H16F3N5O2. The molecule has 0 aliphatic heterocycles. The van der Waals surface area contributed by atoms with Crippen LogP contribution >= 0.6 is 0 Å². The van der Waals surface area contributed by atoms with Crippen molar-refractivity contribution < 1.29 is 22.7 Å². The normalized spacial score (nSPS) is 10.9. The average Bonchev–Trinajstić information content (AvgIpc) is 3.30. The molecule has 2 N–H and O–H groups in total. The number of carbonyl (C=O) groups is 1. The van der Waals surface area contributed by atoms with E-state index >= 15 is 0 Å². The molecule has 7 nitrogen and oxygen atoms in total. The van der Waals surface area contributed by atoms with E-state index in [-0.39, 0.29) is 5.75 Å². The van der Waals surface area contributed by atoms with Crippen LogP contribution in [0.25, 0.3) is 17.1 Å². The Morgan fingerprint density at radius 3 is 2.35 bits per heavy atom. The lowest BCUT2D eigenvalue weighted by Gasteiger charge is -2.09. The Kier molecular flexibility index (Phi) is 6.18. The zero-order valence-electron chi connectivity index (χ0n) is 17.4. The second-order valence-electron chi connectivity index (χ2n) is 6.90. The number of amides is 2. The predicted octanol–water partition coefficient (Wildman–Crippen LogP) is 5.46. The third-order valence-electron chi connectivity index (χ3n) is 4.56. The molecule has 10 heteroatoms. The van der Waals surface area contributed by atoms with Gasteiger partial charge in [0.2, 0.25) is 0 Å². The number of alkyl halides is 3. The summed E-state index contributed by atoms with van der Waals surface area (Å²) in [6, 6.07) is 18.6. The Hall–Kier alpha value is -4.78. The molecule has 0 saturated carbocycles. The third kappa shape index (κ3) is 5.52. The number of halogens is 3. The zero-order chi connectivity index (χ0) is 24.1. The van der Waals surface area contributed by atoms with Crippen LogP contribution in [0.5, 0.6) is 5.75 Å². The molecule has 4 aromatic rings. The Morgan fingerprint density at radius 2 is 1.68 bits per heavy atom. The number of hydrogen-bond acceptors (Lipinski definition) is 4. The van der Waals surface area contributed by atoms with Crippen LogP contribution in [0, 0.1) is 12.3 Å². The minimum Gasteiger partial charge on any atom is -0.406 e. The molecular weight excluding hydrogens is 447 g/mol. The van der Waals surface area contributed by atoms with Crippen molar-refractivity contribution >= 4 is 17.4 Å². The maximum Gasteiger partial charge on any atom is 0.573 e. The summed E-state index contributed by atoms with van der Waals surface area (Å²) >= 11 is 0. The van der Waals surface area contributed by atoms with Crippen molar-refractivity contribution in [2.45, 2.75) is 6.36 Å². The average molecular weight is 463 g/mol. The van der Waals surface area contributed by atoms with Gasteiger partial charge in [0.15, 0.2) is 5.82 Å². The highest BCUT2D eigenvalue weighted by molar-refractivity contribution is 6.00. The first kappa shape index (κ1) is 22.4. The molecule has 0 unspecified atom stereocenters. The van der Waals surface area contributed by atoms with Gasteiger partial charge in [-0.05, 0) is 60.7 Å². The van der Waals surface area contributed by atoms with Gasteiger partial charge in [-0.15, -0.1) is 24.7 Å². The molecule has 0 atom stereocenters. The number of terminal acetylenes is 1. The van der Waals surface area contributed by atoms with Crippen molar-refractivity contribution in [2.24, 2.45) is 0 Å². The number of carbonyl (C=O) groups excluding carboxylic acids is 1. The summed E-state index contributed by atoms with van der Waals surface area (Å²) in [5.74, 6) is 2.58. The molecule has 0 bridgehead atoms. The van der Waals surface area contributed by atoms with Crippen LogP contribution in [0.1, 0.15) is 5.56 Å². The summed E-state index contributed by atoms with van der Waals surface area (Å²) in [5.41, 5.74) is 2.82. The first-order valence-corrected chi connectivity index (χ1v) is 9.83. The smallest absolute Gasteiger partial charge is 0.406 e. The van der Waals surface area contributed by atoms with E-state index in [1.165, 1.54) is 35.3 Å². The van der Waals surface area contributed by atoms with Gasteiger partial charge >= 0.3 is 12.4 Å². The second kappa shape index (κ2) is 9.38. The summed E-state index contributed by atoms with van der Waals surface area (Å²) in [7, 11) is 0. The van der Waals surface area contributed by atoms with Gasteiger partial charge in [-0.25, -0.2) is 14.5 Å². The maximum absolute atomic E-state index is 12.3. The standard InChI is InChI=1S/C24H16F3N5O2/c1-2-16-5-3-4-6-21(16)30-23(33)29-18-9-7-17(8-10-18)22-28-15-32(31-22)19-11-13-20(14-12-19)34-24(25,26)27/h1,3-15H,(H2,29,30,33). The van der Waals surface area contributed by atoms with Crippen molar-refractivity contribution in [3.63, 3.8) is 0 Å². The maximum atomic E-state index is 12.3. The van der Waals surface area contributed by atoms with Gasteiger partial charge in [-0.3, -0.25) is 0 Å². The molecule has 0 radical (unpaired) electrons. The summed E-state index contributed by atoms with van der Waals surface area (Å²) in [4.78, 5) is 16.5. The highest BCUT2D eigenvalue weighted by Crippen LogP contribution is 2.24. The van der Waals surface area contributed by atoms with Crippen molar-refractivity contribution in [2.75, 3.05) is 10.6 Å². The lowest BCUT2D eigenvalue weighted by Crippen LogP contribution is -2.19. The minimum absolute atomic E-state index is 0.327. The van der Waals surface area contributed by atoms with Crippen LogP contribution in [0.15, 0.2) is 79.1 Å². The molecule has 3 aromatic carbocycles. The van der Waals surface area contributed by atoms with Gasteiger partial charge < -0.3 is 15.4 Å². The van der Waals surface area contributed by atoms with E-state index in [0.717, 1.165) is 0 Å². The van der Waals surface area contributed by atoms with Crippen molar-refractivity contribution in [3.05, 3.63) is 84.7 Å². The summed E-state index contributed by atoms with van der Waals surface area (Å²) in [6.45, 7) is 0. The Morgan fingerprint density at radius 1 is 0.971 bits per heavy atom. The number of para-hydroxylation sites is 1. The minimum atomic E-state index is -4.75. The van der Waals surface area contributed by atoms with Gasteiger partial charge in [-0.1, -0.05) is 18.1 Å². The van der Waals surface area contributed by atoms with Gasteiger partial charge in [0.25, 0.3) is 0 Å². The molecule has 34 heavy (non-hydrogen) atoms. The van der Waals surface area contributed by atoms with Crippen LogP contribution < -0.4 is 15.4 Å². The molecule has 0 aliphatic carbocycles. The molecule has 1 heterocycles. The molecule has 0 spiro atoms. The summed E-state index contributed by atoms with van der Waals surface area (Å²) in [5, 5.41) is 9.76. The van der Waals surface area contributed by atoms with Gasteiger partial charge in [0.05, 0.1) is 11.4 Å². The molecule has 1 aromatic heterocycles. The molecule has 0 aliphatic rings. The Balaban J connectivity index is 1.41. The Bertz CT molecular complexity index is 1340. The van der Waals surface area contributed by atoms with E-state index in [2.05, 4.69) is 31.4 Å². The number of urea groups is 1. The molecule has 2 amide bonds.